The maximum atomic E-state index is 5.25. The zero-order valence-electron chi connectivity index (χ0n) is 11.1. The summed E-state index contributed by atoms with van der Waals surface area (Å²) in [6.07, 6.45) is 3.56. The normalized spacial score (nSPS) is 12.6. The molecule has 1 atom stereocenters. The molecule has 0 aliphatic heterocycles. The van der Waals surface area contributed by atoms with Gasteiger partial charge in [-0.05, 0) is 48.0 Å². The first-order valence-electron chi connectivity index (χ1n) is 6.37. The van der Waals surface area contributed by atoms with Crippen molar-refractivity contribution in [1.82, 2.24) is 20.4 Å². The Morgan fingerprint density at radius 2 is 2.26 bits per heavy atom. The highest BCUT2D eigenvalue weighted by Crippen LogP contribution is 2.16. The quantitative estimate of drug-likeness (QED) is 0.885. The lowest BCUT2D eigenvalue weighted by atomic mass is 10.2. The predicted molar refractivity (Wildman–Crippen MR) is 76.7 cm³/mol. The Balaban J connectivity index is 2.00. The van der Waals surface area contributed by atoms with E-state index in [1.54, 1.807) is 6.20 Å². The van der Waals surface area contributed by atoms with Crippen LogP contribution in [0.5, 0.6) is 0 Å². The van der Waals surface area contributed by atoms with Crippen LogP contribution in [0.2, 0.25) is 0 Å². The van der Waals surface area contributed by atoms with Crippen LogP contribution in [0, 0.1) is 0 Å². The first kappa shape index (κ1) is 14.1. The van der Waals surface area contributed by atoms with E-state index in [4.69, 9.17) is 4.52 Å². The average Bonchev–Trinajstić information content (AvgIpc) is 2.85. The van der Waals surface area contributed by atoms with Gasteiger partial charge in [-0.15, -0.1) is 0 Å². The van der Waals surface area contributed by atoms with Crippen molar-refractivity contribution in [2.24, 2.45) is 0 Å². The van der Waals surface area contributed by atoms with E-state index in [-0.39, 0.29) is 0 Å². The molecule has 0 bridgehead atoms. The lowest BCUT2D eigenvalue weighted by Gasteiger charge is -2.09. The van der Waals surface area contributed by atoms with E-state index in [0.29, 0.717) is 23.5 Å². The molecule has 1 N–H and O–H groups in total. The van der Waals surface area contributed by atoms with Crippen LogP contribution in [-0.4, -0.2) is 27.7 Å². The molecule has 6 heteroatoms. The third-order valence-electron chi connectivity index (χ3n) is 2.65. The summed E-state index contributed by atoms with van der Waals surface area (Å²) in [4.78, 5) is 8.61. The van der Waals surface area contributed by atoms with E-state index in [9.17, 15) is 0 Å². The van der Waals surface area contributed by atoms with Crippen molar-refractivity contribution in [1.29, 1.82) is 0 Å². The Bertz CT molecular complexity index is 512. The van der Waals surface area contributed by atoms with Gasteiger partial charge in [-0.1, -0.05) is 12.1 Å². The standard InChI is InChI=1S/C13H17BrN4O/c1-3-6-15-9(2)7-12-17-13(18-19-12)11-5-4-10(14)8-16-11/h4-5,8-9,15H,3,6-7H2,1-2H3. The number of rotatable bonds is 6. The molecule has 102 valence electrons. The Labute approximate surface area is 121 Å². The first-order chi connectivity index (χ1) is 9.19. The van der Waals surface area contributed by atoms with Gasteiger partial charge in [0.25, 0.3) is 0 Å². The lowest BCUT2D eigenvalue weighted by molar-refractivity contribution is 0.362. The third-order valence-corrected chi connectivity index (χ3v) is 3.12. The zero-order valence-corrected chi connectivity index (χ0v) is 12.6. The van der Waals surface area contributed by atoms with Gasteiger partial charge < -0.3 is 9.84 Å². The van der Waals surface area contributed by atoms with E-state index in [1.807, 2.05) is 12.1 Å². The SMILES string of the molecule is CCCNC(C)Cc1nc(-c2ccc(Br)cn2)no1. The van der Waals surface area contributed by atoms with Crippen LogP contribution in [0.25, 0.3) is 11.5 Å². The Morgan fingerprint density at radius 1 is 1.42 bits per heavy atom. The van der Waals surface area contributed by atoms with Crippen molar-refractivity contribution >= 4 is 15.9 Å². The molecular formula is C13H17BrN4O. The number of hydrogen-bond donors (Lipinski definition) is 1. The molecule has 0 spiro atoms. The first-order valence-corrected chi connectivity index (χ1v) is 7.16. The molecule has 0 saturated heterocycles. The molecule has 0 aliphatic rings. The number of nitrogens with one attached hydrogen (secondary N) is 1. The molecule has 0 saturated carbocycles. The summed E-state index contributed by atoms with van der Waals surface area (Å²) in [5, 5.41) is 7.35. The van der Waals surface area contributed by atoms with Gasteiger partial charge in [0.05, 0.1) is 0 Å². The molecule has 5 nitrogen and oxygen atoms in total. The number of pyridine rings is 1. The minimum Gasteiger partial charge on any atom is -0.339 e. The molecule has 1 unspecified atom stereocenters. The van der Waals surface area contributed by atoms with Gasteiger partial charge in [-0.25, -0.2) is 0 Å². The summed E-state index contributed by atoms with van der Waals surface area (Å²) < 4.78 is 6.18. The zero-order chi connectivity index (χ0) is 13.7. The van der Waals surface area contributed by atoms with Gasteiger partial charge in [0.1, 0.15) is 5.69 Å². The Hall–Kier alpha value is -1.27. The van der Waals surface area contributed by atoms with Crippen molar-refractivity contribution in [3.8, 4) is 11.5 Å². The molecule has 2 aromatic rings. The Morgan fingerprint density at radius 3 is 2.95 bits per heavy atom. The van der Waals surface area contributed by atoms with Crippen molar-refractivity contribution < 1.29 is 4.52 Å². The molecule has 0 amide bonds. The molecule has 2 heterocycles. The summed E-state index contributed by atoms with van der Waals surface area (Å²) in [5.41, 5.74) is 0.715. The maximum absolute atomic E-state index is 5.25. The van der Waals surface area contributed by atoms with Crippen molar-refractivity contribution in [2.75, 3.05) is 6.54 Å². The van der Waals surface area contributed by atoms with Crippen LogP contribution in [0.4, 0.5) is 0 Å². The highest BCUT2D eigenvalue weighted by molar-refractivity contribution is 9.10. The molecule has 0 radical (unpaired) electrons. The largest absolute Gasteiger partial charge is 0.339 e. The van der Waals surface area contributed by atoms with E-state index in [0.717, 1.165) is 23.9 Å². The molecule has 2 rings (SSSR count). The van der Waals surface area contributed by atoms with E-state index in [1.165, 1.54) is 0 Å². The minimum atomic E-state index is 0.325. The number of aromatic nitrogens is 3. The smallest absolute Gasteiger partial charge is 0.228 e. The lowest BCUT2D eigenvalue weighted by Crippen LogP contribution is -2.28. The van der Waals surface area contributed by atoms with Gasteiger partial charge >= 0.3 is 0 Å². The van der Waals surface area contributed by atoms with Crippen molar-refractivity contribution in [3.05, 3.63) is 28.7 Å². The summed E-state index contributed by atoms with van der Waals surface area (Å²) in [5.74, 6) is 1.17. The maximum Gasteiger partial charge on any atom is 0.228 e. The highest BCUT2D eigenvalue weighted by atomic mass is 79.9. The summed E-state index contributed by atoms with van der Waals surface area (Å²) >= 11 is 3.34. The molecule has 2 aromatic heterocycles. The van der Waals surface area contributed by atoms with E-state index in [2.05, 4.69) is 50.2 Å². The van der Waals surface area contributed by atoms with Crippen LogP contribution in [0.1, 0.15) is 26.2 Å². The second-order valence-electron chi connectivity index (χ2n) is 4.43. The van der Waals surface area contributed by atoms with Crippen LogP contribution in [-0.2, 0) is 6.42 Å². The number of nitrogens with zero attached hydrogens (tertiary/aromatic N) is 3. The second kappa shape index (κ2) is 6.77. The van der Waals surface area contributed by atoms with Gasteiger partial charge in [0.15, 0.2) is 0 Å². The Kier molecular flexibility index (Phi) is 5.04. The third kappa shape index (κ3) is 4.11. The fourth-order valence-electron chi connectivity index (χ4n) is 1.67. The van der Waals surface area contributed by atoms with Crippen LogP contribution >= 0.6 is 15.9 Å². The van der Waals surface area contributed by atoms with Gasteiger partial charge in [0, 0.05) is 23.1 Å². The molecule has 0 aromatic carbocycles. The van der Waals surface area contributed by atoms with E-state index < -0.39 is 0 Å². The number of halogens is 1. The number of hydrogen-bond acceptors (Lipinski definition) is 5. The molecule has 0 aliphatic carbocycles. The fourth-order valence-corrected chi connectivity index (χ4v) is 1.91. The molecule has 0 fully saturated rings. The van der Waals surface area contributed by atoms with Gasteiger partial charge in [-0.2, -0.15) is 4.98 Å². The van der Waals surface area contributed by atoms with Gasteiger partial charge in [-0.3, -0.25) is 4.98 Å². The van der Waals surface area contributed by atoms with Crippen LogP contribution in [0.3, 0.4) is 0 Å². The van der Waals surface area contributed by atoms with Gasteiger partial charge in [0.2, 0.25) is 11.7 Å². The van der Waals surface area contributed by atoms with Crippen LogP contribution in [0.15, 0.2) is 27.3 Å². The predicted octanol–water partition coefficient (Wildman–Crippen LogP) is 2.82. The van der Waals surface area contributed by atoms with Crippen molar-refractivity contribution in [2.45, 2.75) is 32.7 Å². The summed E-state index contributed by atoms with van der Waals surface area (Å²) in [7, 11) is 0. The second-order valence-corrected chi connectivity index (χ2v) is 5.35. The summed E-state index contributed by atoms with van der Waals surface area (Å²) in [6.45, 7) is 5.25. The van der Waals surface area contributed by atoms with Crippen molar-refractivity contribution in [3.63, 3.8) is 0 Å². The molecular weight excluding hydrogens is 308 g/mol. The topological polar surface area (TPSA) is 63.8 Å². The molecule has 19 heavy (non-hydrogen) atoms. The average molecular weight is 325 g/mol. The highest BCUT2D eigenvalue weighted by Gasteiger charge is 2.12. The van der Waals surface area contributed by atoms with E-state index >= 15 is 0 Å². The fraction of sp³-hybridized carbons (Fsp3) is 0.462. The van der Waals surface area contributed by atoms with Crippen LogP contribution < -0.4 is 5.32 Å². The monoisotopic (exact) mass is 324 g/mol. The minimum absolute atomic E-state index is 0.325. The summed E-state index contributed by atoms with van der Waals surface area (Å²) in [6, 6.07) is 4.09.